The molecule has 1 aliphatic rings. The number of piperazine rings is 1. The summed E-state index contributed by atoms with van der Waals surface area (Å²) in [5.41, 5.74) is 0.726. The van der Waals surface area contributed by atoms with Crippen LogP contribution in [0.1, 0.15) is 30.6 Å². The lowest BCUT2D eigenvalue weighted by Crippen LogP contribution is -2.50. The largest absolute Gasteiger partial charge is 0.339 e. The minimum Gasteiger partial charge on any atom is -0.339 e. The van der Waals surface area contributed by atoms with Gasteiger partial charge < -0.3 is 9.80 Å². The highest BCUT2D eigenvalue weighted by molar-refractivity contribution is 14.1. The summed E-state index contributed by atoms with van der Waals surface area (Å²) in [7, 11) is 0. The average molecular weight is 400 g/mol. The first-order valence-corrected chi connectivity index (χ1v) is 8.38. The maximum atomic E-state index is 12.4. The van der Waals surface area contributed by atoms with E-state index in [9.17, 15) is 9.59 Å². The van der Waals surface area contributed by atoms with Gasteiger partial charge in [-0.15, -0.1) is 0 Å². The van der Waals surface area contributed by atoms with E-state index in [0.29, 0.717) is 38.5 Å². The Kier molecular flexibility index (Phi) is 5.61. The molecule has 4 nitrogen and oxygen atoms in total. The molecule has 0 atom stereocenters. The highest BCUT2D eigenvalue weighted by Crippen LogP contribution is 2.13. The molecule has 1 aromatic carbocycles. The third kappa shape index (κ3) is 4.43. The van der Waals surface area contributed by atoms with Crippen molar-refractivity contribution in [2.75, 3.05) is 26.2 Å². The van der Waals surface area contributed by atoms with Crippen LogP contribution in [0.3, 0.4) is 0 Å². The first kappa shape index (κ1) is 16.3. The van der Waals surface area contributed by atoms with E-state index in [2.05, 4.69) is 36.4 Å². The topological polar surface area (TPSA) is 40.6 Å². The van der Waals surface area contributed by atoms with Gasteiger partial charge >= 0.3 is 0 Å². The van der Waals surface area contributed by atoms with Crippen LogP contribution in [0.4, 0.5) is 0 Å². The van der Waals surface area contributed by atoms with Gasteiger partial charge in [0.25, 0.3) is 5.91 Å². The second kappa shape index (κ2) is 7.24. The van der Waals surface area contributed by atoms with E-state index in [1.807, 2.05) is 34.1 Å². The van der Waals surface area contributed by atoms with Crippen molar-refractivity contribution in [1.82, 2.24) is 9.80 Å². The van der Waals surface area contributed by atoms with E-state index in [1.54, 1.807) is 0 Å². The molecule has 1 aliphatic heterocycles. The van der Waals surface area contributed by atoms with Crippen molar-refractivity contribution in [1.29, 1.82) is 0 Å². The Balaban J connectivity index is 1.92. The Hall–Kier alpha value is -1.11. The number of nitrogens with zero attached hydrogens (tertiary/aromatic N) is 2. The van der Waals surface area contributed by atoms with E-state index in [-0.39, 0.29) is 11.8 Å². The highest BCUT2D eigenvalue weighted by Gasteiger charge is 2.25. The lowest BCUT2D eigenvalue weighted by Gasteiger charge is -2.35. The zero-order chi connectivity index (χ0) is 15.4. The fourth-order valence-corrected chi connectivity index (χ4v) is 2.98. The van der Waals surface area contributed by atoms with E-state index in [0.717, 1.165) is 9.13 Å². The van der Waals surface area contributed by atoms with Crippen LogP contribution in [-0.4, -0.2) is 47.8 Å². The molecule has 0 unspecified atom stereocenters. The molecule has 114 valence electrons. The van der Waals surface area contributed by atoms with E-state index < -0.39 is 0 Å². The zero-order valence-electron chi connectivity index (χ0n) is 12.5. The molecule has 1 heterocycles. The van der Waals surface area contributed by atoms with Crippen molar-refractivity contribution in [2.45, 2.75) is 20.3 Å². The minimum atomic E-state index is 0.0597. The Morgan fingerprint density at radius 2 is 1.76 bits per heavy atom. The molecule has 21 heavy (non-hydrogen) atoms. The van der Waals surface area contributed by atoms with Gasteiger partial charge in [0.2, 0.25) is 5.91 Å². The standard InChI is InChI=1S/C16H21IN2O2/c1-12(2)10-15(20)18-6-8-19(9-7-18)16(21)13-4-3-5-14(17)11-13/h3-5,11-12H,6-10H2,1-2H3. The summed E-state index contributed by atoms with van der Waals surface area (Å²) in [6, 6.07) is 7.62. The molecule has 1 fully saturated rings. The fraction of sp³-hybridized carbons (Fsp3) is 0.500. The van der Waals surface area contributed by atoms with E-state index in [1.165, 1.54) is 0 Å². The SMILES string of the molecule is CC(C)CC(=O)N1CCN(C(=O)c2cccc(I)c2)CC1. The summed E-state index contributed by atoms with van der Waals surface area (Å²) < 4.78 is 1.06. The van der Waals surface area contributed by atoms with Crippen LogP contribution in [-0.2, 0) is 4.79 Å². The number of rotatable bonds is 3. The van der Waals surface area contributed by atoms with Crippen LogP contribution in [0.2, 0.25) is 0 Å². The van der Waals surface area contributed by atoms with Gasteiger partial charge in [0.05, 0.1) is 0 Å². The molecule has 2 rings (SSSR count). The highest BCUT2D eigenvalue weighted by atomic mass is 127. The molecule has 0 radical (unpaired) electrons. The fourth-order valence-electron chi connectivity index (χ4n) is 2.44. The van der Waals surface area contributed by atoms with E-state index in [4.69, 9.17) is 0 Å². The minimum absolute atomic E-state index is 0.0597. The Morgan fingerprint density at radius 3 is 2.33 bits per heavy atom. The number of hydrogen-bond acceptors (Lipinski definition) is 2. The van der Waals surface area contributed by atoms with Crippen molar-refractivity contribution in [3.05, 3.63) is 33.4 Å². The molecule has 1 aromatic rings. The molecule has 5 heteroatoms. The molecule has 2 amide bonds. The Morgan fingerprint density at radius 1 is 1.14 bits per heavy atom. The number of carbonyl (C=O) groups is 2. The van der Waals surface area contributed by atoms with Gasteiger partial charge in [-0.3, -0.25) is 9.59 Å². The maximum Gasteiger partial charge on any atom is 0.254 e. The van der Waals surface area contributed by atoms with Gasteiger partial charge in [-0.1, -0.05) is 19.9 Å². The van der Waals surface area contributed by atoms with Crippen molar-refractivity contribution in [3.63, 3.8) is 0 Å². The van der Waals surface area contributed by atoms with Crippen LogP contribution in [0.25, 0.3) is 0 Å². The van der Waals surface area contributed by atoms with Gasteiger partial charge in [0.15, 0.2) is 0 Å². The quantitative estimate of drug-likeness (QED) is 0.733. The van der Waals surface area contributed by atoms with Crippen molar-refractivity contribution in [2.24, 2.45) is 5.92 Å². The Labute approximate surface area is 139 Å². The predicted molar refractivity (Wildman–Crippen MR) is 91.1 cm³/mol. The molecule has 0 aromatic heterocycles. The summed E-state index contributed by atoms with van der Waals surface area (Å²) in [4.78, 5) is 28.2. The zero-order valence-corrected chi connectivity index (χ0v) is 14.7. The summed E-state index contributed by atoms with van der Waals surface area (Å²) >= 11 is 2.21. The summed E-state index contributed by atoms with van der Waals surface area (Å²) in [6.07, 6.45) is 0.588. The van der Waals surface area contributed by atoms with Crippen LogP contribution in [0, 0.1) is 9.49 Å². The number of carbonyl (C=O) groups excluding carboxylic acids is 2. The van der Waals surface area contributed by atoms with Crippen LogP contribution < -0.4 is 0 Å². The smallest absolute Gasteiger partial charge is 0.254 e. The normalized spacial score (nSPS) is 15.4. The summed E-state index contributed by atoms with van der Waals surface area (Å²) in [5, 5.41) is 0. The van der Waals surface area contributed by atoms with Crippen LogP contribution in [0.5, 0.6) is 0 Å². The van der Waals surface area contributed by atoms with Crippen LogP contribution in [0.15, 0.2) is 24.3 Å². The first-order chi connectivity index (χ1) is 9.97. The van der Waals surface area contributed by atoms with Gasteiger partial charge in [-0.25, -0.2) is 0 Å². The lowest BCUT2D eigenvalue weighted by atomic mass is 10.1. The van der Waals surface area contributed by atoms with Crippen LogP contribution >= 0.6 is 22.6 Å². The van der Waals surface area contributed by atoms with Crippen molar-refractivity contribution < 1.29 is 9.59 Å². The summed E-state index contributed by atoms with van der Waals surface area (Å²) in [5.74, 6) is 0.638. The molecule has 0 saturated carbocycles. The second-order valence-electron chi connectivity index (χ2n) is 5.78. The summed E-state index contributed by atoms with van der Waals surface area (Å²) in [6.45, 7) is 6.62. The van der Waals surface area contributed by atoms with Crippen molar-refractivity contribution in [3.8, 4) is 0 Å². The second-order valence-corrected chi connectivity index (χ2v) is 7.03. The maximum absolute atomic E-state index is 12.4. The van der Waals surface area contributed by atoms with Gasteiger partial charge in [-0.2, -0.15) is 0 Å². The number of amides is 2. The molecular weight excluding hydrogens is 379 g/mol. The molecule has 0 bridgehead atoms. The Bertz CT molecular complexity index is 523. The average Bonchev–Trinajstić information content (AvgIpc) is 2.46. The molecular formula is C16H21IN2O2. The third-order valence-electron chi connectivity index (χ3n) is 3.57. The first-order valence-electron chi connectivity index (χ1n) is 7.30. The van der Waals surface area contributed by atoms with Gasteiger partial charge in [0.1, 0.15) is 0 Å². The third-order valence-corrected chi connectivity index (χ3v) is 4.25. The number of benzene rings is 1. The van der Waals surface area contributed by atoms with Crippen molar-refractivity contribution >= 4 is 34.4 Å². The lowest BCUT2D eigenvalue weighted by molar-refractivity contribution is -0.133. The van der Waals surface area contributed by atoms with E-state index >= 15 is 0 Å². The number of halogens is 1. The predicted octanol–water partition coefficient (Wildman–Crippen LogP) is 2.62. The molecule has 0 aliphatic carbocycles. The number of hydrogen-bond donors (Lipinski definition) is 0. The molecule has 1 saturated heterocycles. The molecule has 0 spiro atoms. The van der Waals surface area contributed by atoms with Gasteiger partial charge in [0, 0.05) is 41.7 Å². The van der Waals surface area contributed by atoms with Gasteiger partial charge in [-0.05, 0) is 46.7 Å². The molecule has 0 N–H and O–H groups in total. The monoisotopic (exact) mass is 400 g/mol.